The molecular formula is C16H19ClN2O2. The van der Waals surface area contributed by atoms with Gasteiger partial charge in [0.2, 0.25) is 0 Å². The summed E-state index contributed by atoms with van der Waals surface area (Å²) in [6.45, 7) is 1.05. The lowest BCUT2D eigenvalue weighted by molar-refractivity contribution is 0.0522. The zero-order chi connectivity index (χ0) is 14.7. The van der Waals surface area contributed by atoms with Gasteiger partial charge in [0.25, 0.3) is 5.56 Å². The molecule has 1 aliphatic carbocycles. The topological polar surface area (TPSA) is 44.1 Å². The Balaban J connectivity index is 1.82. The summed E-state index contributed by atoms with van der Waals surface area (Å²) in [6, 6.07) is 7.37. The molecule has 1 aromatic carbocycles. The van der Waals surface area contributed by atoms with Crippen molar-refractivity contribution in [2.75, 3.05) is 6.61 Å². The summed E-state index contributed by atoms with van der Waals surface area (Å²) in [4.78, 5) is 17.0. The van der Waals surface area contributed by atoms with Crippen LogP contribution in [0.25, 0.3) is 10.9 Å². The standard InChI is InChI=1S/C16H19ClN2O2/c17-11-15-18-14-8-4-3-7-13(14)16(20)19(15)9-10-21-12-5-1-2-6-12/h3-4,7-8,12H,1-2,5-6,9-11H2. The average Bonchev–Trinajstić information content (AvgIpc) is 3.02. The fourth-order valence-electron chi connectivity index (χ4n) is 2.91. The van der Waals surface area contributed by atoms with Crippen LogP contribution in [-0.2, 0) is 17.2 Å². The molecule has 0 atom stereocenters. The SMILES string of the molecule is O=c1c2ccccc2nc(CCl)n1CCOC1CCCC1. The first-order chi connectivity index (χ1) is 10.3. The van der Waals surface area contributed by atoms with Gasteiger partial charge in [-0.1, -0.05) is 25.0 Å². The number of ether oxygens (including phenoxy) is 1. The van der Waals surface area contributed by atoms with Crippen molar-refractivity contribution in [2.24, 2.45) is 0 Å². The average molecular weight is 307 g/mol. The van der Waals surface area contributed by atoms with E-state index >= 15 is 0 Å². The van der Waals surface area contributed by atoms with Crippen molar-refractivity contribution in [2.45, 2.75) is 44.2 Å². The lowest BCUT2D eigenvalue weighted by Crippen LogP contribution is -2.27. The van der Waals surface area contributed by atoms with Crippen LogP contribution in [0.4, 0.5) is 0 Å². The van der Waals surface area contributed by atoms with Gasteiger partial charge in [-0.15, -0.1) is 11.6 Å². The first-order valence-electron chi connectivity index (χ1n) is 7.45. The molecule has 1 heterocycles. The maximum Gasteiger partial charge on any atom is 0.261 e. The smallest absolute Gasteiger partial charge is 0.261 e. The summed E-state index contributed by atoms with van der Waals surface area (Å²) in [5.74, 6) is 0.833. The van der Waals surface area contributed by atoms with Crippen LogP contribution in [-0.4, -0.2) is 22.3 Å². The second-order valence-electron chi connectivity index (χ2n) is 5.41. The van der Waals surface area contributed by atoms with Crippen LogP contribution in [0.1, 0.15) is 31.5 Å². The van der Waals surface area contributed by atoms with Gasteiger partial charge in [0, 0.05) is 0 Å². The minimum absolute atomic E-state index is 0.0359. The number of hydrogen-bond donors (Lipinski definition) is 0. The molecule has 4 nitrogen and oxygen atoms in total. The van der Waals surface area contributed by atoms with E-state index in [9.17, 15) is 4.79 Å². The summed E-state index contributed by atoms with van der Waals surface area (Å²) in [5, 5.41) is 0.632. The molecule has 0 spiro atoms. The molecular weight excluding hydrogens is 288 g/mol. The second-order valence-corrected chi connectivity index (χ2v) is 5.68. The molecule has 1 aliphatic rings. The highest BCUT2D eigenvalue weighted by molar-refractivity contribution is 6.16. The first-order valence-corrected chi connectivity index (χ1v) is 7.99. The zero-order valence-electron chi connectivity index (χ0n) is 11.9. The quantitative estimate of drug-likeness (QED) is 0.797. The van der Waals surface area contributed by atoms with Crippen molar-refractivity contribution in [3.8, 4) is 0 Å². The van der Waals surface area contributed by atoms with Crippen molar-refractivity contribution in [3.05, 3.63) is 40.4 Å². The molecule has 0 radical (unpaired) electrons. The number of alkyl halides is 1. The fourth-order valence-corrected chi connectivity index (χ4v) is 3.12. The molecule has 21 heavy (non-hydrogen) atoms. The van der Waals surface area contributed by atoms with Crippen LogP contribution >= 0.6 is 11.6 Å². The Morgan fingerprint density at radius 3 is 2.81 bits per heavy atom. The lowest BCUT2D eigenvalue weighted by Gasteiger charge is -2.14. The summed E-state index contributed by atoms with van der Waals surface area (Å²) >= 11 is 5.95. The number of halogens is 1. The van der Waals surface area contributed by atoms with Gasteiger partial charge in [-0.05, 0) is 25.0 Å². The molecule has 0 saturated heterocycles. The minimum Gasteiger partial charge on any atom is -0.376 e. The zero-order valence-corrected chi connectivity index (χ0v) is 12.7. The Bertz CT molecular complexity index is 678. The van der Waals surface area contributed by atoms with Gasteiger partial charge in [-0.3, -0.25) is 9.36 Å². The van der Waals surface area contributed by atoms with Gasteiger partial charge in [0.1, 0.15) is 5.82 Å². The van der Waals surface area contributed by atoms with E-state index in [1.165, 1.54) is 12.8 Å². The lowest BCUT2D eigenvalue weighted by atomic mass is 10.2. The van der Waals surface area contributed by atoms with E-state index in [-0.39, 0.29) is 11.4 Å². The number of fused-ring (bicyclic) bond motifs is 1. The van der Waals surface area contributed by atoms with E-state index in [2.05, 4.69) is 4.98 Å². The third kappa shape index (κ3) is 3.11. The van der Waals surface area contributed by atoms with Crippen LogP contribution in [0, 0.1) is 0 Å². The summed E-state index contributed by atoms with van der Waals surface area (Å²) in [7, 11) is 0. The molecule has 5 heteroatoms. The maximum atomic E-state index is 12.5. The molecule has 112 valence electrons. The highest BCUT2D eigenvalue weighted by Crippen LogP contribution is 2.20. The molecule has 2 aromatic rings. The van der Waals surface area contributed by atoms with Gasteiger partial charge in [-0.2, -0.15) is 0 Å². The van der Waals surface area contributed by atoms with Crippen molar-refractivity contribution in [1.82, 2.24) is 9.55 Å². The summed E-state index contributed by atoms with van der Waals surface area (Å²) in [6.07, 6.45) is 5.11. The van der Waals surface area contributed by atoms with Crippen molar-refractivity contribution in [1.29, 1.82) is 0 Å². The minimum atomic E-state index is -0.0359. The van der Waals surface area contributed by atoms with Gasteiger partial charge in [-0.25, -0.2) is 4.98 Å². The number of benzene rings is 1. The monoisotopic (exact) mass is 306 g/mol. The highest BCUT2D eigenvalue weighted by Gasteiger charge is 2.16. The normalized spacial score (nSPS) is 15.9. The summed E-state index contributed by atoms with van der Waals surface area (Å²) < 4.78 is 7.49. The molecule has 0 unspecified atom stereocenters. The van der Waals surface area contributed by atoms with Crippen LogP contribution in [0.2, 0.25) is 0 Å². The number of nitrogens with zero attached hydrogens (tertiary/aromatic N) is 2. The Morgan fingerprint density at radius 2 is 2.05 bits per heavy atom. The maximum absolute atomic E-state index is 12.5. The van der Waals surface area contributed by atoms with E-state index < -0.39 is 0 Å². The molecule has 0 N–H and O–H groups in total. The molecule has 3 rings (SSSR count). The van der Waals surface area contributed by atoms with Crippen molar-refractivity contribution in [3.63, 3.8) is 0 Å². The largest absolute Gasteiger partial charge is 0.376 e. The highest BCUT2D eigenvalue weighted by atomic mass is 35.5. The van der Waals surface area contributed by atoms with Crippen LogP contribution in [0.15, 0.2) is 29.1 Å². The molecule has 0 bridgehead atoms. The van der Waals surface area contributed by atoms with Gasteiger partial charge in [0.15, 0.2) is 0 Å². The van der Waals surface area contributed by atoms with Gasteiger partial charge in [0.05, 0.1) is 36.0 Å². The van der Waals surface area contributed by atoms with Crippen molar-refractivity contribution < 1.29 is 4.74 Å². The van der Waals surface area contributed by atoms with E-state index in [4.69, 9.17) is 16.3 Å². The second kappa shape index (κ2) is 6.58. The Morgan fingerprint density at radius 1 is 1.29 bits per heavy atom. The van der Waals surface area contributed by atoms with Gasteiger partial charge < -0.3 is 4.74 Å². The Hall–Kier alpha value is -1.39. The van der Waals surface area contributed by atoms with Gasteiger partial charge >= 0.3 is 0 Å². The van der Waals surface area contributed by atoms with E-state index in [1.807, 2.05) is 18.2 Å². The van der Waals surface area contributed by atoms with Crippen LogP contribution < -0.4 is 5.56 Å². The Kier molecular flexibility index (Phi) is 4.56. The third-order valence-corrected chi connectivity index (χ3v) is 4.27. The molecule has 0 aliphatic heterocycles. The van der Waals surface area contributed by atoms with E-state index in [0.717, 1.165) is 12.8 Å². The number of para-hydroxylation sites is 1. The number of hydrogen-bond acceptors (Lipinski definition) is 3. The van der Waals surface area contributed by atoms with Crippen molar-refractivity contribution >= 4 is 22.5 Å². The fraction of sp³-hybridized carbons (Fsp3) is 0.500. The first kappa shape index (κ1) is 14.5. The predicted octanol–water partition coefficient (Wildman–Crippen LogP) is 3.09. The number of aromatic nitrogens is 2. The molecule has 1 fully saturated rings. The molecule has 1 aromatic heterocycles. The third-order valence-electron chi connectivity index (χ3n) is 4.03. The van der Waals surface area contributed by atoms with E-state index in [1.54, 1.807) is 10.6 Å². The molecule has 1 saturated carbocycles. The van der Waals surface area contributed by atoms with E-state index in [0.29, 0.717) is 36.0 Å². The van der Waals surface area contributed by atoms with Crippen LogP contribution in [0.3, 0.4) is 0 Å². The number of rotatable bonds is 5. The summed E-state index contributed by atoms with van der Waals surface area (Å²) in [5.41, 5.74) is 0.664. The Labute approximate surface area is 128 Å². The molecule has 0 amide bonds. The van der Waals surface area contributed by atoms with Crippen LogP contribution in [0.5, 0.6) is 0 Å². The predicted molar refractivity (Wildman–Crippen MR) is 83.8 cm³/mol.